The van der Waals surface area contributed by atoms with Gasteiger partial charge >= 0.3 is 12.4 Å². The second-order valence-corrected chi connectivity index (χ2v) is 7.47. The molecule has 168 valence electrons. The molecule has 30 heavy (non-hydrogen) atoms. The number of carbonyl (C=O) groups is 2. The summed E-state index contributed by atoms with van der Waals surface area (Å²) in [5, 5.41) is 0. The van der Waals surface area contributed by atoms with Gasteiger partial charge in [0.2, 0.25) is 5.91 Å². The van der Waals surface area contributed by atoms with Crippen LogP contribution in [0.3, 0.4) is 0 Å². The number of rotatable bonds is 5. The van der Waals surface area contributed by atoms with Crippen LogP contribution in [0.2, 0.25) is 0 Å². The zero-order valence-electron chi connectivity index (χ0n) is 16.7. The predicted molar refractivity (Wildman–Crippen MR) is 97.6 cm³/mol. The van der Waals surface area contributed by atoms with Crippen LogP contribution in [0.4, 0.5) is 26.3 Å². The highest BCUT2D eigenvalue weighted by atomic mass is 19.4. The summed E-state index contributed by atoms with van der Waals surface area (Å²) in [7, 11) is 1.69. The van der Waals surface area contributed by atoms with Gasteiger partial charge in [-0.1, -0.05) is 13.3 Å². The van der Waals surface area contributed by atoms with E-state index in [2.05, 4.69) is 0 Å². The number of likely N-dealkylation sites (tertiary alicyclic amines) is 1. The maximum Gasteiger partial charge on any atom is 0.416 e. The van der Waals surface area contributed by atoms with E-state index < -0.39 is 35.0 Å². The van der Waals surface area contributed by atoms with Crippen LogP contribution in [0.1, 0.15) is 54.1 Å². The number of unbranched alkanes of at least 4 members (excludes halogenated alkanes) is 1. The maximum atomic E-state index is 13.0. The molecule has 0 aromatic heterocycles. The first-order valence-corrected chi connectivity index (χ1v) is 9.68. The van der Waals surface area contributed by atoms with Crippen LogP contribution in [0.5, 0.6) is 0 Å². The lowest BCUT2D eigenvalue weighted by Crippen LogP contribution is -2.43. The smallest absolute Gasteiger partial charge is 0.346 e. The minimum Gasteiger partial charge on any atom is -0.346 e. The van der Waals surface area contributed by atoms with E-state index >= 15 is 0 Å². The summed E-state index contributed by atoms with van der Waals surface area (Å²) in [6.45, 7) is 2.79. The lowest BCUT2D eigenvalue weighted by molar-refractivity contribution is -0.143. The molecule has 0 atom stereocenters. The highest BCUT2D eigenvalue weighted by Gasteiger charge is 2.38. The van der Waals surface area contributed by atoms with Crippen LogP contribution in [-0.4, -0.2) is 48.3 Å². The van der Waals surface area contributed by atoms with Gasteiger partial charge in [0, 0.05) is 38.2 Å². The summed E-state index contributed by atoms with van der Waals surface area (Å²) < 4.78 is 78.1. The average molecular weight is 438 g/mol. The molecule has 1 aliphatic rings. The number of hydrogen-bond acceptors (Lipinski definition) is 2. The molecule has 1 aromatic rings. The van der Waals surface area contributed by atoms with Gasteiger partial charge in [0.1, 0.15) is 0 Å². The van der Waals surface area contributed by atoms with Crippen LogP contribution in [0.25, 0.3) is 0 Å². The second-order valence-electron chi connectivity index (χ2n) is 7.47. The third-order valence-electron chi connectivity index (χ3n) is 5.19. The van der Waals surface area contributed by atoms with Crippen molar-refractivity contribution in [2.24, 2.45) is 5.92 Å². The van der Waals surface area contributed by atoms with E-state index in [9.17, 15) is 35.9 Å². The van der Waals surface area contributed by atoms with Crippen molar-refractivity contribution in [2.45, 2.75) is 45.0 Å². The number of halogens is 6. The third-order valence-corrected chi connectivity index (χ3v) is 5.19. The molecule has 1 aliphatic heterocycles. The molecule has 1 aromatic carbocycles. The van der Waals surface area contributed by atoms with E-state index in [-0.39, 0.29) is 31.0 Å². The summed E-state index contributed by atoms with van der Waals surface area (Å²) >= 11 is 0. The molecular weight excluding hydrogens is 414 g/mol. The van der Waals surface area contributed by atoms with Crippen molar-refractivity contribution in [1.82, 2.24) is 9.80 Å². The molecule has 10 heteroatoms. The van der Waals surface area contributed by atoms with Gasteiger partial charge in [-0.15, -0.1) is 0 Å². The summed E-state index contributed by atoms with van der Waals surface area (Å²) in [5.41, 5.74) is -3.71. The molecule has 0 aliphatic carbocycles. The first-order valence-electron chi connectivity index (χ1n) is 9.68. The van der Waals surface area contributed by atoms with Crippen molar-refractivity contribution in [3.8, 4) is 0 Å². The molecule has 2 rings (SSSR count). The largest absolute Gasteiger partial charge is 0.416 e. The van der Waals surface area contributed by atoms with Crippen molar-refractivity contribution in [1.29, 1.82) is 0 Å². The van der Waals surface area contributed by atoms with E-state index in [1.165, 1.54) is 4.90 Å². The summed E-state index contributed by atoms with van der Waals surface area (Å²) in [4.78, 5) is 27.9. The zero-order chi connectivity index (χ0) is 22.7. The van der Waals surface area contributed by atoms with Crippen molar-refractivity contribution in [3.63, 3.8) is 0 Å². The molecule has 0 radical (unpaired) electrons. The van der Waals surface area contributed by atoms with Crippen molar-refractivity contribution in [2.75, 3.05) is 26.7 Å². The van der Waals surface area contributed by atoms with Crippen LogP contribution >= 0.6 is 0 Å². The monoisotopic (exact) mass is 438 g/mol. The van der Waals surface area contributed by atoms with Crippen molar-refractivity contribution >= 4 is 11.8 Å². The van der Waals surface area contributed by atoms with E-state index in [0.717, 1.165) is 12.8 Å². The van der Waals surface area contributed by atoms with E-state index in [1.807, 2.05) is 6.92 Å². The number of carbonyl (C=O) groups excluding carboxylic acids is 2. The quantitative estimate of drug-likeness (QED) is 0.618. The number of alkyl halides is 6. The van der Waals surface area contributed by atoms with Gasteiger partial charge in [0.15, 0.2) is 0 Å². The van der Waals surface area contributed by atoms with Gasteiger partial charge in [0.25, 0.3) is 5.91 Å². The molecule has 1 heterocycles. The minimum atomic E-state index is -5.02. The van der Waals surface area contributed by atoms with Crippen LogP contribution in [0, 0.1) is 5.92 Å². The number of benzene rings is 1. The molecular formula is C20H24F6N2O2. The second kappa shape index (κ2) is 9.26. The third kappa shape index (κ3) is 5.89. The number of nitrogens with zero attached hydrogens (tertiary/aromatic N) is 2. The molecule has 0 spiro atoms. The lowest BCUT2D eigenvalue weighted by atomic mass is 9.94. The van der Waals surface area contributed by atoms with Gasteiger partial charge in [-0.3, -0.25) is 9.59 Å². The Morgan fingerprint density at radius 1 is 1.00 bits per heavy atom. The van der Waals surface area contributed by atoms with Gasteiger partial charge < -0.3 is 9.80 Å². The fraction of sp³-hybridized carbons (Fsp3) is 0.600. The molecule has 0 saturated carbocycles. The summed E-state index contributed by atoms with van der Waals surface area (Å²) in [6.07, 6.45) is -7.62. The molecule has 2 amide bonds. The first-order chi connectivity index (χ1) is 13.8. The Bertz CT molecular complexity index is 735. The highest BCUT2D eigenvalue weighted by Crippen LogP contribution is 2.36. The van der Waals surface area contributed by atoms with Crippen molar-refractivity contribution in [3.05, 3.63) is 34.9 Å². The Hall–Kier alpha value is -2.26. The van der Waals surface area contributed by atoms with Crippen molar-refractivity contribution < 1.29 is 35.9 Å². The molecule has 1 fully saturated rings. The average Bonchev–Trinajstić information content (AvgIpc) is 2.69. The van der Waals surface area contributed by atoms with Crippen LogP contribution < -0.4 is 0 Å². The van der Waals surface area contributed by atoms with Gasteiger partial charge in [-0.05, 0) is 37.5 Å². The number of amides is 2. The molecule has 0 N–H and O–H groups in total. The first kappa shape index (κ1) is 24.0. The van der Waals surface area contributed by atoms with E-state index in [4.69, 9.17) is 0 Å². The topological polar surface area (TPSA) is 40.6 Å². The zero-order valence-corrected chi connectivity index (χ0v) is 16.7. The fourth-order valence-corrected chi connectivity index (χ4v) is 3.41. The lowest BCUT2D eigenvalue weighted by Gasteiger charge is -2.33. The predicted octanol–water partition coefficient (Wildman–Crippen LogP) is 4.83. The van der Waals surface area contributed by atoms with Gasteiger partial charge in [-0.25, -0.2) is 0 Å². The van der Waals surface area contributed by atoms with E-state index in [1.54, 1.807) is 11.9 Å². The Morgan fingerprint density at radius 2 is 1.50 bits per heavy atom. The molecule has 0 unspecified atom stereocenters. The summed E-state index contributed by atoms with van der Waals surface area (Å²) in [5.74, 6) is -1.28. The Labute approximate surface area is 170 Å². The molecule has 0 bridgehead atoms. The number of piperidine rings is 1. The highest BCUT2D eigenvalue weighted by molar-refractivity contribution is 5.95. The minimum absolute atomic E-state index is 0.00613. The SMILES string of the molecule is CCCCN(C)C(=O)C1CCN(C(=O)c2cc(C(F)(F)F)cc(C(F)(F)F)c2)CC1. The van der Waals surface area contributed by atoms with E-state index in [0.29, 0.717) is 31.5 Å². The Balaban J connectivity index is 2.14. The summed E-state index contributed by atoms with van der Waals surface area (Å²) in [6, 6.07) is 0.870. The molecule has 1 saturated heterocycles. The fourth-order valence-electron chi connectivity index (χ4n) is 3.41. The van der Waals surface area contributed by atoms with Crippen LogP contribution in [-0.2, 0) is 17.1 Å². The van der Waals surface area contributed by atoms with Gasteiger partial charge in [-0.2, -0.15) is 26.3 Å². The molecule has 4 nitrogen and oxygen atoms in total. The number of hydrogen-bond donors (Lipinski definition) is 0. The van der Waals surface area contributed by atoms with Crippen LogP contribution in [0.15, 0.2) is 18.2 Å². The maximum absolute atomic E-state index is 13.0. The Morgan fingerprint density at radius 3 is 1.93 bits per heavy atom. The normalized spacial score (nSPS) is 15.9. The Kier molecular flexibility index (Phi) is 7.41. The standard InChI is InChI=1S/C20H24F6N2O2/c1-3-4-7-27(2)17(29)13-5-8-28(9-6-13)18(30)14-10-15(19(21,22)23)12-16(11-14)20(24,25)26/h10-13H,3-9H2,1-2H3. The van der Waals surface area contributed by atoms with Gasteiger partial charge in [0.05, 0.1) is 11.1 Å².